The van der Waals surface area contributed by atoms with E-state index in [0.717, 1.165) is 38.3 Å². The number of halogens is 4. The molecule has 0 aromatic heterocycles. The second-order valence-electron chi connectivity index (χ2n) is 9.69. The van der Waals surface area contributed by atoms with Crippen LogP contribution >= 0.6 is 0 Å². The van der Waals surface area contributed by atoms with Crippen LogP contribution in [0.15, 0.2) is 114 Å². The monoisotopic (exact) mass is 644 g/mol. The summed E-state index contributed by atoms with van der Waals surface area (Å²) in [6.45, 7) is 8.06. The Balaban J connectivity index is 0.00000185. The van der Waals surface area contributed by atoms with E-state index in [1.54, 1.807) is 24.3 Å². The molecular formula is C35H26Cl2F2Zr. The van der Waals surface area contributed by atoms with Crippen molar-refractivity contribution in [3.8, 4) is 11.1 Å². The predicted molar refractivity (Wildman–Crippen MR) is 152 cm³/mol. The largest absolute Gasteiger partial charge is 1.00 e. The van der Waals surface area contributed by atoms with E-state index in [4.69, 9.17) is 0 Å². The van der Waals surface area contributed by atoms with Crippen LogP contribution < -0.4 is 28.1 Å². The van der Waals surface area contributed by atoms with Gasteiger partial charge in [-0.15, -0.1) is 0 Å². The van der Waals surface area contributed by atoms with Gasteiger partial charge in [0.15, 0.2) is 0 Å². The average molecular weight is 647 g/mol. The van der Waals surface area contributed by atoms with Crippen LogP contribution in [0.3, 0.4) is 0 Å². The number of allylic oxidation sites excluding steroid dienone is 4. The van der Waals surface area contributed by atoms with Gasteiger partial charge in [0.1, 0.15) is 0 Å². The van der Waals surface area contributed by atoms with Crippen LogP contribution in [-0.4, -0.2) is 3.21 Å². The van der Waals surface area contributed by atoms with Gasteiger partial charge in [-0.05, 0) is 0 Å². The number of benzene rings is 4. The molecule has 0 spiro atoms. The first kappa shape index (κ1) is 30.0. The van der Waals surface area contributed by atoms with Crippen LogP contribution in [0, 0.1) is 11.6 Å². The van der Waals surface area contributed by atoms with Crippen LogP contribution in [0.1, 0.15) is 39.8 Å². The van der Waals surface area contributed by atoms with Crippen molar-refractivity contribution in [2.75, 3.05) is 0 Å². The number of hydrogen-bond donors (Lipinski definition) is 0. The molecule has 5 heteroatoms. The zero-order chi connectivity index (χ0) is 26.2. The first-order valence-electron chi connectivity index (χ1n) is 12.7. The quantitative estimate of drug-likeness (QED) is 0.266. The summed E-state index contributed by atoms with van der Waals surface area (Å²) >= 11 is -3.00. The van der Waals surface area contributed by atoms with Crippen LogP contribution in [-0.2, 0) is 27.7 Å². The van der Waals surface area contributed by atoms with E-state index in [1.165, 1.54) is 40.9 Å². The van der Waals surface area contributed by atoms with Crippen molar-refractivity contribution in [1.82, 2.24) is 0 Å². The minimum atomic E-state index is -3.00. The molecule has 0 fully saturated rings. The minimum absolute atomic E-state index is 0. The van der Waals surface area contributed by atoms with Gasteiger partial charge < -0.3 is 24.8 Å². The topological polar surface area (TPSA) is 0 Å². The third kappa shape index (κ3) is 5.61. The summed E-state index contributed by atoms with van der Waals surface area (Å²) in [5.74, 6) is -0.570. The molecule has 0 nitrogen and oxygen atoms in total. The van der Waals surface area contributed by atoms with Gasteiger partial charge in [0.25, 0.3) is 0 Å². The number of fused-ring (bicyclic) bond motifs is 3. The van der Waals surface area contributed by atoms with E-state index in [-0.39, 0.29) is 36.4 Å². The van der Waals surface area contributed by atoms with Crippen molar-refractivity contribution in [2.24, 2.45) is 0 Å². The van der Waals surface area contributed by atoms with Crippen molar-refractivity contribution in [2.45, 2.75) is 12.8 Å². The molecule has 0 N–H and O–H groups in total. The van der Waals surface area contributed by atoms with Gasteiger partial charge in [-0.3, -0.25) is 0 Å². The fourth-order valence-electron chi connectivity index (χ4n) is 5.63. The van der Waals surface area contributed by atoms with Gasteiger partial charge in [-0.2, -0.15) is 0 Å². The van der Waals surface area contributed by atoms with E-state index in [2.05, 4.69) is 61.7 Å². The van der Waals surface area contributed by atoms with Crippen LogP contribution in [0.25, 0.3) is 23.3 Å². The fraction of sp³-hybridized carbons (Fsp3) is 0.0571. The van der Waals surface area contributed by atoms with E-state index >= 15 is 0 Å². The first-order valence-corrected chi connectivity index (χ1v) is 16.4. The SMILES string of the molecule is C=Cc1ccc2c(c1)-c1cc(C=C)c[c]([Zr+2]([C]3=CC=CC3)=[C](c3cccc(F)c3)c3cccc(F)c3)c1C2.[Cl-].[Cl-]. The Bertz CT molecular complexity index is 1680. The minimum Gasteiger partial charge on any atom is -1.00 e. The summed E-state index contributed by atoms with van der Waals surface area (Å²) in [6, 6.07) is 24.6. The Kier molecular flexibility index (Phi) is 9.52. The number of hydrogen-bond acceptors (Lipinski definition) is 0. The first-order chi connectivity index (χ1) is 18.6. The molecule has 0 heterocycles. The molecule has 0 saturated carbocycles. The molecular weight excluding hydrogens is 621 g/mol. The maximum atomic E-state index is 14.6. The van der Waals surface area contributed by atoms with Crippen molar-refractivity contribution in [3.63, 3.8) is 0 Å². The maximum Gasteiger partial charge on any atom is -1.00 e. The average Bonchev–Trinajstić information content (AvgIpc) is 3.59. The van der Waals surface area contributed by atoms with Crippen molar-refractivity contribution in [3.05, 3.63) is 159 Å². The van der Waals surface area contributed by atoms with E-state index in [1.807, 2.05) is 24.3 Å². The van der Waals surface area contributed by atoms with Crippen LogP contribution in [0.4, 0.5) is 8.78 Å². The van der Waals surface area contributed by atoms with Gasteiger partial charge in [0, 0.05) is 0 Å². The summed E-state index contributed by atoms with van der Waals surface area (Å²) in [5.41, 5.74) is 8.93. The molecule has 0 bridgehead atoms. The van der Waals surface area contributed by atoms with Crippen molar-refractivity contribution < 1.29 is 54.9 Å². The molecule has 6 rings (SSSR count). The molecule has 0 unspecified atom stereocenters. The second kappa shape index (κ2) is 12.7. The van der Waals surface area contributed by atoms with Gasteiger partial charge in [-0.25, -0.2) is 0 Å². The number of rotatable bonds is 6. The van der Waals surface area contributed by atoms with E-state index < -0.39 is 21.3 Å². The molecule has 2 aliphatic carbocycles. The molecule has 40 heavy (non-hydrogen) atoms. The molecule has 0 aliphatic heterocycles. The molecule has 0 atom stereocenters. The zero-order valence-corrected chi connectivity index (χ0v) is 25.7. The third-order valence-corrected chi connectivity index (χ3v) is 14.9. The van der Waals surface area contributed by atoms with Gasteiger partial charge >= 0.3 is 231 Å². The van der Waals surface area contributed by atoms with E-state index in [9.17, 15) is 8.78 Å². The smallest absolute Gasteiger partial charge is 1.00 e. The van der Waals surface area contributed by atoms with Crippen molar-refractivity contribution in [1.29, 1.82) is 0 Å². The Morgan fingerprint density at radius 1 is 0.750 bits per heavy atom. The van der Waals surface area contributed by atoms with E-state index in [0.29, 0.717) is 0 Å². The summed E-state index contributed by atoms with van der Waals surface area (Å²) in [5, 5.41) is 0. The Labute approximate surface area is 254 Å². The molecule has 4 aromatic rings. The summed E-state index contributed by atoms with van der Waals surface area (Å²) in [6.07, 6.45) is 12.0. The zero-order valence-electron chi connectivity index (χ0n) is 21.7. The third-order valence-electron chi connectivity index (χ3n) is 7.37. The molecule has 2 aliphatic rings. The van der Waals surface area contributed by atoms with Crippen molar-refractivity contribution >= 4 is 18.6 Å². The summed E-state index contributed by atoms with van der Waals surface area (Å²) in [4.78, 5) is 0. The van der Waals surface area contributed by atoms with Gasteiger partial charge in [0.2, 0.25) is 0 Å². The summed E-state index contributed by atoms with van der Waals surface area (Å²) < 4.78 is 33.1. The van der Waals surface area contributed by atoms with Crippen LogP contribution in [0.2, 0.25) is 0 Å². The van der Waals surface area contributed by atoms with Gasteiger partial charge in [0.05, 0.1) is 0 Å². The standard InChI is InChI=1S/C17H13.C13H8F2.C5H5.2ClH.Zr/c1-3-12-5-7-14-11-15-8-6-13(4-2)10-17(15)16(14)9-12;14-12-5-1-3-10(8-12)7-11-4-2-6-13(15)9-11;1-2-4-5-3-1;;;/h3-7,9-10H,1-2,11H2;1-6,8-9H;1-3H,4H2;2*1H;/q;;;;;+2/p-2. The molecule has 0 amide bonds. The fourth-order valence-corrected chi connectivity index (χ4v) is 13.6. The molecule has 198 valence electrons. The molecule has 0 radical (unpaired) electrons. The molecule has 0 saturated heterocycles. The Morgan fingerprint density at radius 3 is 1.98 bits per heavy atom. The van der Waals surface area contributed by atoms with Crippen LogP contribution in [0.5, 0.6) is 0 Å². The summed E-state index contributed by atoms with van der Waals surface area (Å²) in [7, 11) is 0. The second-order valence-corrected chi connectivity index (χ2v) is 15.7. The predicted octanol–water partition coefficient (Wildman–Crippen LogP) is 2.19. The Hall–Kier alpha value is -2.97. The maximum absolute atomic E-state index is 14.6. The normalized spacial score (nSPS) is 12.2. The molecule has 4 aromatic carbocycles. The van der Waals surface area contributed by atoms with Gasteiger partial charge in [-0.1, -0.05) is 0 Å². The Morgan fingerprint density at radius 2 is 1.40 bits per heavy atom.